The average Bonchev–Trinajstić information content (AvgIpc) is 2.39. The van der Waals surface area contributed by atoms with E-state index in [-0.39, 0.29) is 18.3 Å². The van der Waals surface area contributed by atoms with Crippen LogP contribution in [0.4, 0.5) is 0 Å². The molecule has 3 nitrogen and oxygen atoms in total. The van der Waals surface area contributed by atoms with Crippen molar-refractivity contribution in [3.63, 3.8) is 0 Å². The normalized spacial score (nSPS) is 22.4. The highest BCUT2D eigenvalue weighted by Crippen LogP contribution is 2.36. The van der Waals surface area contributed by atoms with Crippen molar-refractivity contribution < 1.29 is 14.0 Å². The van der Waals surface area contributed by atoms with Crippen LogP contribution in [0.1, 0.15) is 27.7 Å². The first-order chi connectivity index (χ1) is 8.54. The Bertz CT molecular complexity index is 305. The molecule has 110 valence electrons. The van der Waals surface area contributed by atoms with Crippen LogP contribution in [0, 0.1) is 0 Å². The van der Waals surface area contributed by atoms with Crippen molar-refractivity contribution in [2.24, 2.45) is 0 Å². The van der Waals surface area contributed by atoms with Crippen molar-refractivity contribution in [2.75, 3.05) is 13.2 Å². The quantitative estimate of drug-likeness (QED) is 0.551. The maximum Gasteiger partial charge on any atom is 0.486 e. The lowest BCUT2D eigenvalue weighted by atomic mass is 9.90. The van der Waals surface area contributed by atoms with Gasteiger partial charge in [-0.15, -0.1) is 0 Å². The number of rotatable bonds is 6. The van der Waals surface area contributed by atoms with Gasteiger partial charge in [0, 0.05) is 14.7 Å². The standard InChI is InChI=1S/C14H29BO3Si/c1-13(2)14(3,4)18-15(17-13)9-8-10-16-11-12-19(5,6)7/h8-9H,10-12H2,1-7H3. The van der Waals surface area contributed by atoms with Crippen LogP contribution in [0.25, 0.3) is 0 Å². The van der Waals surface area contributed by atoms with Gasteiger partial charge in [0.05, 0.1) is 17.8 Å². The summed E-state index contributed by atoms with van der Waals surface area (Å²) in [4.78, 5) is 0. The molecule has 0 aromatic heterocycles. The third kappa shape index (κ3) is 5.42. The summed E-state index contributed by atoms with van der Waals surface area (Å²) in [7, 11) is -1.24. The van der Waals surface area contributed by atoms with Gasteiger partial charge in [-0.3, -0.25) is 0 Å². The van der Waals surface area contributed by atoms with Crippen molar-refractivity contribution in [3.8, 4) is 0 Å². The Hall–Kier alpha value is -0.0982. The Labute approximate surface area is 119 Å². The second-order valence-electron chi connectivity index (χ2n) is 7.44. The summed E-state index contributed by atoms with van der Waals surface area (Å²) in [6.45, 7) is 16.8. The van der Waals surface area contributed by atoms with E-state index in [4.69, 9.17) is 14.0 Å². The number of ether oxygens (including phenoxy) is 1. The molecule has 1 rings (SSSR count). The maximum atomic E-state index is 5.87. The highest BCUT2D eigenvalue weighted by atomic mass is 28.3. The van der Waals surface area contributed by atoms with E-state index in [9.17, 15) is 0 Å². The summed E-state index contributed by atoms with van der Waals surface area (Å²) in [5.41, 5.74) is -0.526. The zero-order valence-corrected chi connectivity index (χ0v) is 14.6. The van der Waals surface area contributed by atoms with E-state index in [1.807, 2.05) is 12.1 Å². The maximum absolute atomic E-state index is 5.87. The lowest BCUT2D eigenvalue weighted by molar-refractivity contribution is 0.00578. The van der Waals surface area contributed by atoms with Crippen LogP contribution < -0.4 is 0 Å². The smallest absolute Gasteiger partial charge is 0.400 e. The van der Waals surface area contributed by atoms with Gasteiger partial charge in [0.15, 0.2) is 0 Å². The van der Waals surface area contributed by atoms with E-state index in [2.05, 4.69) is 47.3 Å². The molecule has 0 saturated carbocycles. The minimum atomic E-state index is -0.980. The zero-order valence-electron chi connectivity index (χ0n) is 13.6. The van der Waals surface area contributed by atoms with Crippen LogP contribution in [0.2, 0.25) is 25.7 Å². The molecule has 0 N–H and O–H groups in total. The molecule has 1 aliphatic heterocycles. The molecule has 1 fully saturated rings. The molecule has 0 aromatic rings. The van der Waals surface area contributed by atoms with Gasteiger partial charge in [-0.25, -0.2) is 0 Å². The van der Waals surface area contributed by atoms with Crippen LogP contribution in [-0.2, 0) is 14.0 Å². The summed E-state index contributed by atoms with van der Waals surface area (Å²) in [5, 5.41) is 0. The second-order valence-corrected chi connectivity index (χ2v) is 13.1. The molecule has 19 heavy (non-hydrogen) atoms. The fourth-order valence-corrected chi connectivity index (χ4v) is 2.42. The molecule has 1 heterocycles. The molecular formula is C14H29BO3Si. The van der Waals surface area contributed by atoms with Crippen molar-refractivity contribution in [1.82, 2.24) is 0 Å². The molecule has 1 aliphatic rings. The minimum absolute atomic E-state index is 0.259. The van der Waals surface area contributed by atoms with Gasteiger partial charge < -0.3 is 14.0 Å². The predicted molar refractivity (Wildman–Crippen MR) is 84.2 cm³/mol. The highest BCUT2D eigenvalue weighted by molar-refractivity contribution is 6.76. The highest BCUT2D eigenvalue weighted by Gasteiger charge is 2.49. The Morgan fingerprint density at radius 2 is 1.58 bits per heavy atom. The van der Waals surface area contributed by atoms with Gasteiger partial charge in [-0.2, -0.15) is 0 Å². The molecule has 1 saturated heterocycles. The average molecular weight is 284 g/mol. The molecule has 0 spiro atoms. The molecule has 0 aromatic carbocycles. The Kier molecular flexibility index (Phi) is 5.46. The van der Waals surface area contributed by atoms with Gasteiger partial charge >= 0.3 is 7.12 Å². The van der Waals surface area contributed by atoms with E-state index < -0.39 is 8.07 Å². The summed E-state index contributed by atoms with van der Waals surface area (Å²) in [6.07, 6.45) is 1.99. The van der Waals surface area contributed by atoms with Gasteiger partial charge in [-0.05, 0) is 33.7 Å². The minimum Gasteiger partial charge on any atom is -0.400 e. The SMILES string of the molecule is CC1(C)OB(C=CCOCC[Si](C)(C)C)OC1(C)C. The van der Waals surface area contributed by atoms with Crippen molar-refractivity contribution in [1.29, 1.82) is 0 Å². The molecular weight excluding hydrogens is 255 g/mol. The Morgan fingerprint density at radius 3 is 2.05 bits per heavy atom. The Morgan fingerprint density at radius 1 is 1.05 bits per heavy atom. The summed E-state index contributed by atoms with van der Waals surface area (Å²) in [5.74, 6) is 1.95. The van der Waals surface area contributed by atoms with E-state index >= 15 is 0 Å². The largest absolute Gasteiger partial charge is 0.486 e. The van der Waals surface area contributed by atoms with Crippen LogP contribution in [0.3, 0.4) is 0 Å². The third-order valence-corrected chi connectivity index (χ3v) is 5.48. The number of hydrogen-bond acceptors (Lipinski definition) is 3. The first-order valence-corrected chi connectivity index (χ1v) is 10.8. The van der Waals surface area contributed by atoms with Crippen LogP contribution >= 0.6 is 0 Å². The fourth-order valence-electron chi connectivity index (χ4n) is 1.66. The lowest BCUT2D eigenvalue weighted by Crippen LogP contribution is -2.41. The molecule has 0 atom stereocenters. The van der Waals surface area contributed by atoms with Crippen molar-refractivity contribution in [2.45, 2.75) is 64.6 Å². The third-order valence-electron chi connectivity index (χ3n) is 3.78. The molecule has 0 aliphatic carbocycles. The Balaban J connectivity index is 2.25. The first-order valence-electron chi connectivity index (χ1n) is 7.14. The van der Waals surface area contributed by atoms with E-state index in [1.54, 1.807) is 0 Å². The monoisotopic (exact) mass is 284 g/mol. The van der Waals surface area contributed by atoms with E-state index in [0.717, 1.165) is 6.61 Å². The van der Waals surface area contributed by atoms with Crippen LogP contribution in [0.5, 0.6) is 0 Å². The molecule has 0 bridgehead atoms. The second kappa shape index (κ2) is 6.12. The van der Waals surface area contributed by atoms with Gasteiger partial charge in [-0.1, -0.05) is 31.7 Å². The fraction of sp³-hybridized carbons (Fsp3) is 0.857. The molecule has 0 amide bonds. The zero-order chi connectivity index (χ0) is 14.7. The van der Waals surface area contributed by atoms with Crippen molar-refractivity contribution in [3.05, 3.63) is 12.1 Å². The van der Waals surface area contributed by atoms with Crippen LogP contribution in [-0.4, -0.2) is 39.6 Å². The predicted octanol–water partition coefficient (Wildman–Crippen LogP) is 3.53. The summed E-state index contributed by atoms with van der Waals surface area (Å²) in [6, 6.07) is 1.21. The van der Waals surface area contributed by atoms with Gasteiger partial charge in [0.1, 0.15) is 0 Å². The molecule has 0 unspecified atom stereocenters. The molecule has 5 heteroatoms. The summed E-state index contributed by atoms with van der Waals surface area (Å²) >= 11 is 0. The van der Waals surface area contributed by atoms with Crippen LogP contribution in [0.15, 0.2) is 12.1 Å². The van der Waals surface area contributed by atoms with Gasteiger partial charge in [0.2, 0.25) is 0 Å². The summed E-state index contributed by atoms with van der Waals surface area (Å²) < 4.78 is 17.3. The molecule has 0 radical (unpaired) electrons. The van der Waals surface area contributed by atoms with E-state index in [1.165, 1.54) is 6.04 Å². The first kappa shape index (κ1) is 17.0. The lowest BCUT2D eigenvalue weighted by Gasteiger charge is -2.32. The van der Waals surface area contributed by atoms with Crippen molar-refractivity contribution >= 4 is 15.2 Å². The topological polar surface area (TPSA) is 27.7 Å². The van der Waals surface area contributed by atoms with E-state index in [0.29, 0.717) is 6.61 Å². The number of hydrogen-bond donors (Lipinski definition) is 0. The van der Waals surface area contributed by atoms with Gasteiger partial charge in [0.25, 0.3) is 0 Å².